The van der Waals surface area contributed by atoms with E-state index in [1.54, 1.807) is 11.3 Å². The van der Waals surface area contributed by atoms with E-state index in [0.29, 0.717) is 12.1 Å². The van der Waals surface area contributed by atoms with Gasteiger partial charge in [0.1, 0.15) is 0 Å². The molecule has 2 aromatic rings. The number of aromatic nitrogens is 1. The smallest absolute Gasteiger partial charge is 0.251 e. The quantitative estimate of drug-likeness (QED) is 0.865. The number of hydrogen-bond acceptors (Lipinski definition) is 5. The summed E-state index contributed by atoms with van der Waals surface area (Å²) in [7, 11) is 0. The van der Waals surface area contributed by atoms with E-state index < -0.39 is 6.10 Å². The first-order valence-electron chi connectivity index (χ1n) is 9.02. The number of nitrogens with one attached hydrogen (secondary N) is 1. The molecule has 0 aliphatic carbocycles. The molecule has 1 amide bonds. The number of benzene rings is 1. The van der Waals surface area contributed by atoms with E-state index in [1.807, 2.05) is 35.2 Å². The number of rotatable bonds is 4. The fraction of sp³-hybridized carbons (Fsp3) is 0.500. The molecule has 1 fully saturated rings. The summed E-state index contributed by atoms with van der Waals surface area (Å²) in [6.07, 6.45) is 0.164. The lowest BCUT2D eigenvalue weighted by molar-refractivity contribution is 0.0346. The zero-order valence-corrected chi connectivity index (χ0v) is 16.4. The van der Waals surface area contributed by atoms with Gasteiger partial charge in [0.05, 0.1) is 23.4 Å². The zero-order valence-electron chi connectivity index (χ0n) is 15.6. The Hall–Kier alpha value is -1.76. The predicted molar refractivity (Wildman–Crippen MR) is 104 cm³/mol. The number of thiazole rings is 1. The zero-order chi connectivity index (χ0) is 18.7. The van der Waals surface area contributed by atoms with Crippen LogP contribution in [0.3, 0.4) is 0 Å². The van der Waals surface area contributed by atoms with Crippen LogP contribution in [-0.4, -0.2) is 46.1 Å². The van der Waals surface area contributed by atoms with Crippen LogP contribution in [-0.2, 0) is 12.0 Å². The summed E-state index contributed by atoms with van der Waals surface area (Å²) < 4.78 is 0. The normalized spacial score (nSPS) is 21.5. The number of nitrogens with zero attached hydrogens (tertiary/aromatic N) is 2. The minimum Gasteiger partial charge on any atom is -0.390 e. The van der Waals surface area contributed by atoms with Crippen LogP contribution in [0.4, 0.5) is 0 Å². The molecule has 140 valence electrons. The van der Waals surface area contributed by atoms with E-state index in [9.17, 15) is 9.90 Å². The molecule has 5 nitrogen and oxygen atoms in total. The number of amides is 1. The lowest BCUT2D eigenvalue weighted by Crippen LogP contribution is -2.53. The lowest BCUT2D eigenvalue weighted by atomic mass is 9.86. The van der Waals surface area contributed by atoms with E-state index in [0.717, 1.165) is 25.2 Å². The number of hydrogen-bond donors (Lipinski definition) is 2. The molecule has 0 saturated carbocycles. The van der Waals surface area contributed by atoms with Gasteiger partial charge in [-0.15, -0.1) is 11.3 Å². The molecule has 1 aliphatic heterocycles. The maximum Gasteiger partial charge on any atom is 0.251 e. The average Bonchev–Trinajstić information content (AvgIpc) is 3.09. The van der Waals surface area contributed by atoms with Crippen LogP contribution in [0.2, 0.25) is 0 Å². The Morgan fingerprint density at radius 1 is 1.35 bits per heavy atom. The van der Waals surface area contributed by atoms with Crippen LogP contribution in [0.25, 0.3) is 0 Å². The SMILES string of the molecule is CC(C)(C)c1ccc(C(=O)N[C@@H]2CCN(Cc3cscn3)C[C@H]2O)cc1. The predicted octanol–water partition coefficient (Wildman–Crippen LogP) is 2.81. The third-order valence-corrected chi connectivity index (χ3v) is 5.50. The van der Waals surface area contributed by atoms with Crippen LogP contribution in [0.5, 0.6) is 0 Å². The first-order chi connectivity index (χ1) is 12.3. The molecule has 1 aromatic heterocycles. The molecule has 2 atom stereocenters. The Morgan fingerprint density at radius 2 is 2.08 bits per heavy atom. The van der Waals surface area contributed by atoms with Gasteiger partial charge in [-0.25, -0.2) is 4.98 Å². The summed E-state index contributed by atoms with van der Waals surface area (Å²) in [5.41, 5.74) is 4.75. The topological polar surface area (TPSA) is 65.5 Å². The number of piperidine rings is 1. The fourth-order valence-electron chi connectivity index (χ4n) is 3.23. The summed E-state index contributed by atoms with van der Waals surface area (Å²) in [4.78, 5) is 19.0. The molecule has 2 N–H and O–H groups in total. The van der Waals surface area contributed by atoms with Crippen LogP contribution < -0.4 is 5.32 Å². The van der Waals surface area contributed by atoms with Crippen molar-refractivity contribution >= 4 is 17.2 Å². The van der Waals surface area contributed by atoms with Crippen LogP contribution >= 0.6 is 11.3 Å². The molecule has 1 saturated heterocycles. The van der Waals surface area contributed by atoms with Crippen LogP contribution in [0, 0.1) is 0 Å². The third-order valence-electron chi connectivity index (χ3n) is 4.86. The Balaban J connectivity index is 1.55. The van der Waals surface area contributed by atoms with Crippen molar-refractivity contribution in [1.82, 2.24) is 15.2 Å². The monoisotopic (exact) mass is 373 g/mol. The molecule has 0 bridgehead atoms. The van der Waals surface area contributed by atoms with Crippen LogP contribution in [0.1, 0.15) is 48.8 Å². The molecule has 1 aliphatic rings. The van der Waals surface area contributed by atoms with Crippen molar-refractivity contribution in [3.63, 3.8) is 0 Å². The standard InChI is InChI=1S/C20H27N3O2S/c1-20(2,3)15-6-4-14(5-7-15)19(25)22-17-8-9-23(11-18(17)24)10-16-12-26-13-21-16/h4-7,12-13,17-18,24H,8-11H2,1-3H3,(H,22,25)/t17-,18-/m1/s1. The molecule has 0 spiro atoms. The van der Waals surface area contributed by atoms with E-state index in [-0.39, 0.29) is 17.4 Å². The molecule has 3 rings (SSSR count). The second kappa shape index (κ2) is 7.86. The largest absolute Gasteiger partial charge is 0.390 e. The van der Waals surface area contributed by atoms with Crippen LogP contribution in [0.15, 0.2) is 35.2 Å². The van der Waals surface area contributed by atoms with Gasteiger partial charge in [-0.2, -0.15) is 0 Å². The second-order valence-electron chi connectivity index (χ2n) is 7.98. The number of likely N-dealkylation sites (tertiary alicyclic amines) is 1. The molecular formula is C20H27N3O2S. The van der Waals surface area contributed by atoms with Gasteiger partial charge in [0, 0.05) is 30.6 Å². The van der Waals surface area contributed by atoms with Gasteiger partial charge in [0.15, 0.2) is 0 Å². The Morgan fingerprint density at radius 3 is 2.65 bits per heavy atom. The van der Waals surface area contributed by atoms with Gasteiger partial charge >= 0.3 is 0 Å². The van der Waals surface area contributed by atoms with Gasteiger partial charge < -0.3 is 10.4 Å². The lowest BCUT2D eigenvalue weighted by Gasteiger charge is -2.36. The molecule has 26 heavy (non-hydrogen) atoms. The minimum atomic E-state index is -0.569. The van der Waals surface area contributed by atoms with Gasteiger partial charge in [-0.3, -0.25) is 9.69 Å². The van der Waals surface area contributed by atoms with Gasteiger partial charge in [-0.1, -0.05) is 32.9 Å². The highest BCUT2D eigenvalue weighted by Crippen LogP contribution is 2.22. The van der Waals surface area contributed by atoms with Crippen molar-refractivity contribution in [2.75, 3.05) is 13.1 Å². The molecular weight excluding hydrogens is 346 g/mol. The highest BCUT2D eigenvalue weighted by molar-refractivity contribution is 7.07. The number of aliphatic hydroxyl groups is 1. The molecule has 0 radical (unpaired) electrons. The summed E-state index contributed by atoms with van der Waals surface area (Å²) in [5, 5.41) is 15.5. The minimum absolute atomic E-state index is 0.0648. The van der Waals surface area contributed by atoms with Crippen molar-refractivity contribution in [2.45, 2.75) is 51.3 Å². The third kappa shape index (κ3) is 4.69. The Labute approximate surface area is 159 Å². The average molecular weight is 374 g/mol. The highest BCUT2D eigenvalue weighted by Gasteiger charge is 2.29. The first kappa shape index (κ1) is 19.0. The fourth-order valence-corrected chi connectivity index (χ4v) is 3.78. The second-order valence-corrected chi connectivity index (χ2v) is 8.70. The van der Waals surface area contributed by atoms with Crippen molar-refractivity contribution in [3.05, 3.63) is 52.0 Å². The number of β-amino-alcohol motifs (C(OH)–C–C–N with tert-alkyl or cyclic N) is 1. The molecule has 2 heterocycles. The van der Waals surface area contributed by atoms with Crippen molar-refractivity contribution in [2.24, 2.45) is 0 Å². The van der Waals surface area contributed by atoms with Crippen molar-refractivity contribution in [3.8, 4) is 0 Å². The summed E-state index contributed by atoms with van der Waals surface area (Å²) in [6, 6.07) is 7.51. The van der Waals surface area contributed by atoms with Crippen molar-refractivity contribution in [1.29, 1.82) is 0 Å². The van der Waals surface area contributed by atoms with Gasteiger partial charge in [-0.05, 0) is 29.5 Å². The molecule has 6 heteroatoms. The maximum absolute atomic E-state index is 12.5. The van der Waals surface area contributed by atoms with E-state index in [1.165, 1.54) is 5.56 Å². The summed E-state index contributed by atoms with van der Waals surface area (Å²) in [5.74, 6) is -0.123. The summed E-state index contributed by atoms with van der Waals surface area (Å²) >= 11 is 1.58. The molecule has 1 aromatic carbocycles. The van der Waals surface area contributed by atoms with Gasteiger partial charge in [0.25, 0.3) is 5.91 Å². The number of aliphatic hydroxyl groups excluding tert-OH is 1. The Bertz CT molecular complexity index is 723. The molecule has 0 unspecified atom stereocenters. The summed E-state index contributed by atoms with van der Waals surface area (Å²) in [6.45, 7) is 8.58. The Kier molecular flexibility index (Phi) is 5.75. The highest BCUT2D eigenvalue weighted by atomic mass is 32.1. The number of carbonyl (C=O) groups excluding carboxylic acids is 1. The van der Waals surface area contributed by atoms with E-state index in [4.69, 9.17) is 0 Å². The van der Waals surface area contributed by atoms with E-state index in [2.05, 4.69) is 36.0 Å². The first-order valence-corrected chi connectivity index (χ1v) is 9.96. The number of carbonyl (C=O) groups is 1. The van der Waals surface area contributed by atoms with E-state index >= 15 is 0 Å². The van der Waals surface area contributed by atoms with Crippen molar-refractivity contribution < 1.29 is 9.90 Å². The van der Waals surface area contributed by atoms with Gasteiger partial charge in [0.2, 0.25) is 0 Å². The maximum atomic E-state index is 12.5.